The van der Waals surface area contributed by atoms with Crippen molar-refractivity contribution in [1.29, 1.82) is 0 Å². The smallest absolute Gasteiger partial charge is 0.123 e. The molecule has 94 valence electrons. The van der Waals surface area contributed by atoms with Crippen molar-refractivity contribution in [2.24, 2.45) is 0 Å². The van der Waals surface area contributed by atoms with E-state index in [2.05, 4.69) is 10.3 Å². The number of hydrogen-bond acceptors (Lipinski definition) is 4. The number of aromatic nitrogens is 1. The molecule has 2 heterocycles. The molecule has 2 aromatic rings. The zero-order valence-electron chi connectivity index (χ0n) is 9.73. The number of hydrogen-bond donors (Lipinski definition) is 1. The van der Waals surface area contributed by atoms with E-state index in [9.17, 15) is 4.39 Å². The summed E-state index contributed by atoms with van der Waals surface area (Å²) in [7, 11) is 0. The molecule has 0 radical (unpaired) electrons. The van der Waals surface area contributed by atoms with Gasteiger partial charge >= 0.3 is 0 Å². The number of morpholine rings is 1. The van der Waals surface area contributed by atoms with Crippen LogP contribution in [0.25, 0.3) is 10.6 Å². The van der Waals surface area contributed by atoms with Crippen LogP contribution in [0.5, 0.6) is 0 Å². The van der Waals surface area contributed by atoms with Crippen LogP contribution in [0.15, 0.2) is 29.6 Å². The lowest BCUT2D eigenvalue weighted by Crippen LogP contribution is -2.33. The van der Waals surface area contributed by atoms with E-state index >= 15 is 0 Å². The van der Waals surface area contributed by atoms with Gasteiger partial charge in [0.25, 0.3) is 0 Å². The summed E-state index contributed by atoms with van der Waals surface area (Å²) in [6, 6.07) is 6.40. The highest BCUT2D eigenvalue weighted by Crippen LogP contribution is 2.28. The molecule has 0 spiro atoms. The number of benzene rings is 1. The lowest BCUT2D eigenvalue weighted by molar-refractivity contribution is 0.0254. The van der Waals surface area contributed by atoms with E-state index in [1.54, 1.807) is 23.5 Å². The van der Waals surface area contributed by atoms with Crippen LogP contribution in [0.1, 0.15) is 11.8 Å². The molecule has 1 unspecified atom stereocenters. The first kappa shape index (κ1) is 11.8. The highest BCUT2D eigenvalue weighted by Gasteiger charge is 2.18. The molecule has 3 rings (SSSR count). The van der Waals surface area contributed by atoms with Crippen LogP contribution in [-0.4, -0.2) is 24.7 Å². The van der Waals surface area contributed by atoms with Crippen molar-refractivity contribution in [3.63, 3.8) is 0 Å². The number of rotatable bonds is 2. The topological polar surface area (TPSA) is 34.2 Å². The summed E-state index contributed by atoms with van der Waals surface area (Å²) in [6.07, 6.45) is 0.0317. The Morgan fingerprint density at radius 3 is 2.89 bits per heavy atom. The Kier molecular flexibility index (Phi) is 3.36. The molecule has 1 aliphatic rings. The van der Waals surface area contributed by atoms with Crippen LogP contribution >= 0.6 is 11.3 Å². The third kappa shape index (κ3) is 2.43. The number of halogens is 1. The second-order valence-corrected chi connectivity index (χ2v) is 5.01. The fraction of sp³-hybridized carbons (Fsp3) is 0.308. The predicted molar refractivity (Wildman–Crippen MR) is 69.1 cm³/mol. The van der Waals surface area contributed by atoms with Crippen LogP contribution in [0, 0.1) is 5.82 Å². The molecule has 0 saturated carbocycles. The van der Waals surface area contributed by atoms with E-state index in [1.165, 1.54) is 12.1 Å². The Balaban J connectivity index is 1.82. The number of nitrogens with one attached hydrogen (secondary N) is 1. The van der Waals surface area contributed by atoms with Gasteiger partial charge in [-0.15, -0.1) is 11.3 Å². The second kappa shape index (κ2) is 5.14. The van der Waals surface area contributed by atoms with E-state index in [1.807, 2.05) is 5.38 Å². The van der Waals surface area contributed by atoms with Crippen molar-refractivity contribution in [2.45, 2.75) is 6.10 Å². The summed E-state index contributed by atoms with van der Waals surface area (Å²) in [4.78, 5) is 4.56. The summed E-state index contributed by atoms with van der Waals surface area (Å²) in [6.45, 7) is 2.41. The van der Waals surface area contributed by atoms with Gasteiger partial charge in [0.15, 0.2) is 0 Å². The average molecular weight is 264 g/mol. The van der Waals surface area contributed by atoms with Gasteiger partial charge in [0, 0.05) is 24.0 Å². The van der Waals surface area contributed by atoms with Gasteiger partial charge in [-0.25, -0.2) is 9.37 Å². The zero-order chi connectivity index (χ0) is 12.4. The molecule has 0 bridgehead atoms. The van der Waals surface area contributed by atoms with E-state index in [0.717, 1.165) is 29.4 Å². The van der Waals surface area contributed by atoms with Crippen molar-refractivity contribution in [3.05, 3.63) is 41.2 Å². The Labute approximate surface area is 109 Å². The summed E-state index contributed by atoms with van der Waals surface area (Å²) in [5.74, 6) is -0.227. The van der Waals surface area contributed by atoms with Crippen LogP contribution in [0.4, 0.5) is 4.39 Å². The molecule has 1 atom stereocenters. The first-order valence-electron chi connectivity index (χ1n) is 5.86. The van der Waals surface area contributed by atoms with Crippen LogP contribution in [-0.2, 0) is 4.74 Å². The van der Waals surface area contributed by atoms with E-state index in [0.29, 0.717) is 6.61 Å². The highest BCUT2D eigenvalue weighted by atomic mass is 32.1. The molecule has 1 fully saturated rings. The molecular weight excluding hydrogens is 251 g/mol. The molecular formula is C13H13FN2OS. The first-order chi connectivity index (χ1) is 8.83. The summed E-state index contributed by atoms with van der Waals surface area (Å²) < 4.78 is 18.5. The molecule has 0 amide bonds. The van der Waals surface area contributed by atoms with E-state index in [-0.39, 0.29) is 11.9 Å². The van der Waals surface area contributed by atoms with Gasteiger partial charge in [-0.05, 0) is 24.3 Å². The molecule has 18 heavy (non-hydrogen) atoms. The van der Waals surface area contributed by atoms with E-state index in [4.69, 9.17) is 4.74 Å². The van der Waals surface area contributed by atoms with Gasteiger partial charge < -0.3 is 10.1 Å². The molecule has 3 nitrogen and oxygen atoms in total. The fourth-order valence-corrected chi connectivity index (χ4v) is 2.78. The minimum Gasteiger partial charge on any atom is -0.369 e. The quantitative estimate of drug-likeness (QED) is 0.905. The van der Waals surface area contributed by atoms with Crippen molar-refractivity contribution in [3.8, 4) is 10.6 Å². The largest absolute Gasteiger partial charge is 0.369 e. The van der Waals surface area contributed by atoms with E-state index < -0.39 is 0 Å². The summed E-state index contributed by atoms with van der Waals surface area (Å²) in [5, 5.41) is 6.19. The standard InChI is InChI=1S/C13H13FN2OS/c14-10-3-1-9(2-4-10)13-16-11(8-18-13)12-7-15-5-6-17-12/h1-4,8,12,15H,5-7H2. The van der Waals surface area contributed by atoms with Crippen molar-refractivity contribution in [2.75, 3.05) is 19.7 Å². The first-order valence-corrected chi connectivity index (χ1v) is 6.74. The molecule has 1 N–H and O–H groups in total. The molecule has 1 aliphatic heterocycles. The Bertz CT molecular complexity index is 520. The molecule has 1 saturated heterocycles. The minimum atomic E-state index is -0.227. The Morgan fingerprint density at radius 1 is 1.33 bits per heavy atom. The zero-order valence-corrected chi connectivity index (χ0v) is 10.5. The van der Waals surface area contributed by atoms with Gasteiger partial charge in [-0.3, -0.25) is 0 Å². The Hall–Kier alpha value is -1.30. The molecule has 1 aromatic heterocycles. The minimum absolute atomic E-state index is 0.0317. The van der Waals surface area contributed by atoms with Crippen LogP contribution < -0.4 is 5.32 Å². The third-order valence-electron chi connectivity index (χ3n) is 2.87. The molecule has 5 heteroatoms. The number of nitrogens with zero attached hydrogens (tertiary/aromatic N) is 1. The van der Waals surface area contributed by atoms with Gasteiger partial charge in [0.2, 0.25) is 0 Å². The average Bonchev–Trinajstić information content (AvgIpc) is 2.90. The monoisotopic (exact) mass is 264 g/mol. The maximum Gasteiger partial charge on any atom is 0.123 e. The number of ether oxygens (including phenoxy) is 1. The lowest BCUT2D eigenvalue weighted by Gasteiger charge is -2.21. The third-order valence-corrected chi connectivity index (χ3v) is 3.78. The fourth-order valence-electron chi connectivity index (χ4n) is 1.91. The van der Waals surface area contributed by atoms with Crippen molar-refractivity contribution in [1.82, 2.24) is 10.3 Å². The van der Waals surface area contributed by atoms with Gasteiger partial charge in [0.05, 0.1) is 12.3 Å². The van der Waals surface area contributed by atoms with Gasteiger partial charge in [0.1, 0.15) is 16.9 Å². The van der Waals surface area contributed by atoms with Crippen molar-refractivity contribution < 1.29 is 9.13 Å². The normalized spacial score (nSPS) is 19.9. The Morgan fingerprint density at radius 2 is 2.17 bits per heavy atom. The second-order valence-electron chi connectivity index (χ2n) is 4.15. The van der Waals surface area contributed by atoms with Crippen LogP contribution in [0.3, 0.4) is 0 Å². The highest BCUT2D eigenvalue weighted by molar-refractivity contribution is 7.13. The predicted octanol–water partition coefficient (Wildman–Crippen LogP) is 2.61. The lowest BCUT2D eigenvalue weighted by atomic mass is 10.2. The van der Waals surface area contributed by atoms with Crippen LogP contribution in [0.2, 0.25) is 0 Å². The summed E-state index contributed by atoms with van der Waals surface area (Å²) >= 11 is 1.56. The van der Waals surface area contributed by atoms with Gasteiger partial charge in [-0.2, -0.15) is 0 Å². The van der Waals surface area contributed by atoms with Gasteiger partial charge in [-0.1, -0.05) is 0 Å². The molecule has 0 aliphatic carbocycles. The number of thiazole rings is 1. The maximum atomic E-state index is 12.9. The summed E-state index contributed by atoms with van der Waals surface area (Å²) in [5.41, 5.74) is 1.89. The maximum absolute atomic E-state index is 12.9. The van der Waals surface area contributed by atoms with Crippen molar-refractivity contribution >= 4 is 11.3 Å². The molecule has 1 aromatic carbocycles. The SMILES string of the molecule is Fc1ccc(-c2nc(C3CNCCO3)cs2)cc1.